The molecule has 0 saturated carbocycles. The molecule has 18 heavy (non-hydrogen) atoms. The zero-order valence-corrected chi connectivity index (χ0v) is 12.7. The molecule has 0 spiro atoms. The average Bonchev–Trinajstić information content (AvgIpc) is 2.38. The molecule has 1 aromatic rings. The fraction of sp³-hybridized carbons (Fsp3) is 0.538. The molecule has 0 aromatic heterocycles. The van der Waals surface area contributed by atoms with Crippen LogP contribution in [0.2, 0.25) is 5.02 Å². The van der Waals surface area contributed by atoms with Gasteiger partial charge in [0.2, 0.25) is 0 Å². The summed E-state index contributed by atoms with van der Waals surface area (Å²) in [5, 5.41) is 0.761. The van der Waals surface area contributed by atoms with E-state index in [0.29, 0.717) is 6.54 Å². The summed E-state index contributed by atoms with van der Waals surface area (Å²) < 4.78 is 6.76. The predicted molar refractivity (Wildman–Crippen MR) is 77.9 cm³/mol. The third-order valence-corrected chi connectivity index (χ3v) is 4.20. The largest absolute Gasteiger partial charge is 0.374 e. The van der Waals surface area contributed by atoms with Crippen molar-refractivity contribution in [2.45, 2.75) is 19.1 Å². The number of rotatable bonds is 3. The molecule has 1 aliphatic heterocycles. The van der Waals surface area contributed by atoms with E-state index in [2.05, 4.69) is 33.8 Å². The van der Waals surface area contributed by atoms with Crippen LogP contribution < -0.4 is 5.73 Å². The first-order valence-corrected chi connectivity index (χ1v) is 7.35. The monoisotopic (exact) mass is 332 g/mol. The average molecular weight is 334 g/mol. The number of morpholine rings is 1. The Bertz CT molecular complexity index is 404. The van der Waals surface area contributed by atoms with Crippen LogP contribution in [0.3, 0.4) is 0 Å². The molecule has 1 saturated heterocycles. The van der Waals surface area contributed by atoms with Crippen molar-refractivity contribution >= 4 is 27.5 Å². The Hall–Kier alpha value is -0.130. The van der Waals surface area contributed by atoms with Crippen molar-refractivity contribution in [3.05, 3.63) is 33.3 Å². The van der Waals surface area contributed by atoms with Gasteiger partial charge in [0.15, 0.2) is 0 Å². The quantitative estimate of drug-likeness (QED) is 0.924. The highest BCUT2D eigenvalue weighted by atomic mass is 79.9. The third-order valence-electron chi connectivity index (χ3n) is 3.38. The van der Waals surface area contributed by atoms with Gasteiger partial charge in [0, 0.05) is 22.6 Å². The van der Waals surface area contributed by atoms with Gasteiger partial charge in [0.1, 0.15) is 0 Å². The lowest BCUT2D eigenvalue weighted by molar-refractivity contribution is -0.0658. The maximum atomic E-state index is 6.35. The smallest absolute Gasteiger partial charge is 0.0894 e. The summed E-state index contributed by atoms with van der Waals surface area (Å²) >= 11 is 9.79. The molecule has 3 nitrogen and oxygen atoms in total. The highest BCUT2D eigenvalue weighted by Crippen LogP contribution is 2.34. The van der Waals surface area contributed by atoms with Crippen LogP contribution >= 0.6 is 27.5 Å². The molecular formula is C13H18BrClN2O. The normalized spacial score (nSPS) is 25.3. The van der Waals surface area contributed by atoms with E-state index in [1.807, 2.05) is 12.1 Å². The number of hydrogen-bond donors (Lipinski definition) is 1. The maximum absolute atomic E-state index is 6.35. The molecule has 1 aromatic carbocycles. The Balaban J connectivity index is 2.36. The van der Waals surface area contributed by atoms with Gasteiger partial charge in [-0.3, -0.25) is 4.90 Å². The number of likely N-dealkylation sites (N-methyl/N-ethyl adjacent to an activating group) is 1. The molecule has 5 heteroatoms. The first kappa shape index (κ1) is 14.3. The van der Waals surface area contributed by atoms with Gasteiger partial charge in [0.25, 0.3) is 0 Å². The molecular weight excluding hydrogens is 316 g/mol. The molecule has 1 heterocycles. The Kier molecular flexibility index (Phi) is 5.04. The molecule has 2 unspecified atom stereocenters. The van der Waals surface area contributed by atoms with E-state index in [9.17, 15) is 0 Å². The maximum Gasteiger partial charge on any atom is 0.0894 e. The van der Waals surface area contributed by atoms with Gasteiger partial charge in [0.05, 0.1) is 18.8 Å². The zero-order chi connectivity index (χ0) is 13.1. The molecule has 2 rings (SSSR count). The van der Waals surface area contributed by atoms with E-state index in [1.165, 1.54) is 0 Å². The molecule has 2 atom stereocenters. The predicted octanol–water partition coefficient (Wildman–Crippen LogP) is 2.82. The van der Waals surface area contributed by atoms with E-state index in [4.69, 9.17) is 22.1 Å². The summed E-state index contributed by atoms with van der Waals surface area (Å²) in [5.74, 6) is 0. The summed E-state index contributed by atoms with van der Waals surface area (Å²) in [6.07, 6.45) is 0.0115. The van der Waals surface area contributed by atoms with Crippen LogP contribution in [0.15, 0.2) is 22.7 Å². The number of nitrogens with two attached hydrogens (primary N) is 1. The minimum absolute atomic E-state index is 0.0115. The van der Waals surface area contributed by atoms with Crippen molar-refractivity contribution in [1.29, 1.82) is 0 Å². The van der Waals surface area contributed by atoms with Crippen molar-refractivity contribution in [2.75, 3.05) is 26.2 Å². The van der Waals surface area contributed by atoms with Crippen LogP contribution in [0.25, 0.3) is 0 Å². The molecule has 2 N–H and O–H groups in total. The van der Waals surface area contributed by atoms with Gasteiger partial charge < -0.3 is 10.5 Å². The van der Waals surface area contributed by atoms with Gasteiger partial charge in [-0.1, -0.05) is 40.5 Å². The van der Waals surface area contributed by atoms with Crippen LogP contribution in [0.1, 0.15) is 18.5 Å². The van der Waals surface area contributed by atoms with Crippen molar-refractivity contribution < 1.29 is 4.74 Å². The lowest BCUT2D eigenvalue weighted by atomic mass is 9.98. The second-order valence-electron chi connectivity index (χ2n) is 4.38. The second kappa shape index (κ2) is 6.35. The summed E-state index contributed by atoms with van der Waals surface area (Å²) in [7, 11) is 0. The fourth-order valence-electron chi connectivity index (χ4n) is 2.48. The van der Waals surface area contributed by atoms with E-state index in [-0.39, 0.29) is 12.1 Å². The molecule has 1 fully saturated rings. The minimum Gasteiger partial charge on any atom is -0.374 e. The van der Waals surface area contributed by atoms with Crippen molar-refractivity contribution in [2.24, 2.45) is 5.73 Å². The second-order valence-corrected chi connectivity index (χ2v) is 5.71. The molecule has 1 aliphatic rings. The van der Waals surface area contributed by atoms with Crippen LogP contribution in [-0.2, 0) is 4.74 Å². The number of ether oxygens (including phenoxy) is 1. The van der Waals surface area contributed by atoms with E-state index >= 15 is 0 Å². The van der Waals surface area contributed by atoms with E-state index in [0.717, 1.165) is 34.8 Å². The van der Waals surface area contributed by atoms with Gasteiger partial charge in [-0.25, -0.2) is 0 Å². The van der Waals surface area contributed by atoms with Crippen molar-refractivity contribution in [3.8, 4) is 0 Å². The van der Waals surface area contributed by atoms with Crippen molar-refractivity contribution in [3.63, 3.8) is 0 Å². The topological polar surface area (TPSA) is 38.5 Å². The van der Waals surface area contributed by atoms with Crippen LogP contribution in [-0.4, -0.2) is 37.2 Å². The van der Waals surface area contributed by atoms with E-state index in [1.54, 1.807) is 0 Å². The van der Waals surface area contributed by atoms with Gasteiger partial charge in [-0.05, 0) is 24.2 Å². The fourth-order valence-corrected chi connectivity index (χ4v) is 3.26. The SMILES string of the molecule is CCN1CCOC(CN)C1c1ccc(Br)cc1Cl. The molecule has 0 amide bonds. The minimum atomic E-state index is 0.0115. The lowest BCUT2D eigenvalue weighted by Gasteiger charge is -2.41. The lowest BCUT2D eigenvalue weighted by Crippen LogP contribution is -2.48. The number of hydrogen-bond acceptors (Lipinski definition) is 3. The molecule has 100 valence electrons. The van der Waals surface area contributed by atoms with Crippen LogP contribution in [0, 0.1) is 0 Å². The summed E-state index contributed by atoms with van der Waals surface area (Å²) in [6.45, 7) is 5.29. The first-order valence-electron chi connectivity index (χ1n) is 6.18. The summed E-state index contributed by atoms with van der Waals surface area (Å²) in [6, 6.07) is 6.13. The summed E-state index contributed by atoms with van der Waals surface area (Å²) in [4.78, 5) is 2.37. The van der Waals surface area contributed by atoms with Gasteiger partial charge >= 0.3 is 0 Å². The zero-order valence-electron chi connectivity index (χ0n) is 10.4. The van der Waals surface area contributed by atoms with Gasteiger partial charge in [-0.2, -0.15) is 0 Å². The molecule has 0 radical (unpaired) electrons. The Morgan fingerprint density at radius 3 is 2.94 bits per heavy atom. The first-order chi connectivity index (χ1) is 8.67. The Morgan fingerprint density at radius 2 is 2.33 bits per heavy atom. The number of halogens is 2. The highest BCUT2D eigenvalue weighted by molar-refractivity contribution is 9.10. The Labute approximate surface area is 121 Å². The Morgan fingerprint density at radius 1 is 1.56 bits per heavy atom. The summed E-state index contributed by atoms with van der Waals surface area (Å²) in [5.41, 5.74) is 6.92. The molecule has 0 aliphatic carbocycles. The number of benzene rings is 1. The standard InChI is InChI=1S/C13H18BrClN2O/c1-2-17-5-6-18-12(8-16)13(17)10-4-3-9(14)7-11(10)15/h3-4,7,12-13H,2,5-6,8,16H2,1H3. The van der Waals surface area contributed by atoms with Crippen LogP contribution in [0.5, 0.6) is 0 Å². The highest BCUT2D eigenvalue weighted by Gasteiger charge is 2.33. The molecule has 0 bridgehead atoms. The van der Waals surface area contributed by atoms with Gasteiger partial charge in [-0.15, -0.1) is 0 Å². The van der Waals surface area contributed by atoms with E-state index < -0.39 is 0 Å². The number of nitrogens with zero attached hydrogens (tertiary/aromatic N) is 1. The van der Waals surface area contributed by atoms with Crippen LogP contribution in [0.4, 0.5) is 0 Å². The third kappa shape index (κ3) is 2.89. The van der Waals surface area contributed by atoms with Crippen molar-refractivity contribution in [1.82, 2.24) is 4.90 Å².